The van der Waals surface area contributed by atoms with Crippen molar-refractivity contribution in [1.29, 1.82) is 0 Å². The van der Waals surface area contributed by atoms with Crippen LogP contribution in [0.25, 0.3) is 11.5 Å². The fourth-order valence-corrected chi connectivity index (χ4v) is 3.46. The quantitative estimate of drug-likeness (QED) is 0.720. The number of nitrogens with zero attached hydrogens (tertiary/aromatic N) is 5. The Bertz CT molecular complexity index is 948. The molecule has 3 aromatic rings. The number of urea groups is 1. The molecule has 1 aliphatic rings. The van der Waals surface area contributed by atoms with Crippen molar-refractivity contribution in [3.05, 3.63) is 53.8 Å². The second-order valence-corrected chi connectivity index (χ2v) is 7.08. The van der Waals surface area contributed by atoms with Crippen molar-refractivity contribution < 1.29 is 9.32 Å². The zero-order valence-corrected chi connectivity index (χ0v) is 15.8. The highest BCUT2D eigenvalue weighted by molar-refractivity contribution is 6.33. The van der Waals surface area contributed by atoms with Gasteiger partial charge in [-0.15, -0.1) is 0 Å². The van der Waals surface area contributed by atoms with Gasteiger partial charge >= 0.3 is 6.03 Å². The Hall–Kier alpha value is -3.00. The topological polar surface area (TPSA) is 97.0 Å². The maximum absolute atomic E-state index is 12.6. The molecule has 144 valence electrons. The van der Waals surface area contributed by atoms with Crippen LogP contribution in [-0.2, 0) is 6.42 Å². The Labute approximate surface area is 166 Å². The molecular weight excluding hydrogens is 380 g/mol. The number of carbonyl (C=O) groups is 1. The maximum atomic E-state index is 12.6. The predicted molar refractivity (Wildman–Crippen MR) is 104 cm³/mol. The monoisotopic (exact) mass is 398 g/mol. The third-order valence-corrected chi connectivity index (χ3v) is 4.97. The van der Waals surface area contributed by atoms with E-state index in [1.165, 1.54) is 0 Å². The van der Waals surface area contributed by atoms with Crippen LogP contribution in [0, 0.1) is 5.92 Å². The van der Waals surface area contributed by atoms with E-state index in [-0.39, 0.29) is 11.9 Å². The van der Waals surface area contributed by atoms with Gasteiger partial charge in [0.05, 0.1) is 16.9 Å². The minimum Gasteiger partial charge on any atom is -0.339 e. The number of hydrogen-bond acceptors (Lipinski definition) is 6. The minimum absolute atomic E-state index is 0.149. The van der Waals surface area contributed by atoms with Crippen LogP contribution in [0.15, 0.2) is 47.4 Å². The number of anilines is 1. The van der Waals surface area contributed by atoms with Crippen molar-refractivity contribution in [3.63, 3.8) is 0 Å². The number of amides is 2. The smallest absolute Gasteiger partial charge is 0.321 e. The largest absolute Gasteiger partial charge is 0.339 e. The van der Waals surface area contributed by atoms with Crippen LogP contribution in [0.3, 0.4) is 0 Å². The lowest BCUT2D eigenvalue weighted by molar-refractivity contribution is 0.173. The molecule has 0 radical (unpaired) electrons. The van der Waals surface area contributed by atoms with Crippen molar-refractivity contribution in [1.82, 2.24) is 25.0 Å². The molecule has 4 rings (SSSR count). The number of likely N-dealkylation sites (tertiary alicyclic amines) is 1. The molecular formula is C19H19ClN6O2. The van der Waals surface area contributed by atoms with E-state index in [1.807, 2.05) is 12.1 Å². The highest BCUT2D eigenvalue weighted by Gasteiger charge is 2.26. The molecule has 1 atom stereocenters. The van der Waals surface area contributed by atoms with Crippen LogP contribution in [0.2, 0.25) is 5.02 Å². The third-order valence-electron chi connectivity index (χ3n) is 4.65. The van der Waals surface area contributed by atoms with Crippen LogP contribution in [0.1, 0.15) is 18.7 Å². The lowest BCUT2D eigenvalue weighted by Crippen LogP contribution is -2.42. The second-order valence-electron chi connectivity index (χ2n) is 6.67. The van der Waals surface area contributed by atoms with Gasteiger partial charge in [0, 0.05) is 31.9 Å². The lowest BCUT2D eigenvalue weighted by atomic mass is 9.95. The summed E-state index contributed by atoms with van der Waals surface area (Å²) in [5.74, 6) is 1.21. The first-order valence-electron chi connectivity index (χ1n) is 9.08. The van der Waals surface area contributed by atoms with Gasteiger partial charge < -0.3 is 14.7 Å². The number of para-hydroxylation sites is 1. The van der Waals surface area contributed by atoms with Gasteiger partial charge in [0.2, 0.25) is 11.7 Å². The molecule has 28 heavy (non-hydrogen) atoms. The van der Waals surface area contributed by atoms with Crippen molar-refractivity contribution in [3.8, 4) is 11.5 Å². The van der Waals surface area contributed by atoms with Crippen molar-refractivity contribution in [2.75, 3.05) is 18.4 Å². The first-order valence-corrected chi connectivity index (χ1v) is 9.46. The van der Waals surface area contributed by atoms with Crippen LogP contribution in [0.5, 0.6) is 0 Å². The molecule has 0 spiro atoms. The van der Waals surface area contributed by atoms with Gasteiger partial charge in [-0.3, -0.25) is 4.98 Å². The fraction of sp³-hybridized carbons (Fsp3) is 0.316. The SMILES string of the molecule is O=C(Nc1ccccc1Cl)N1CCCC(Cc2nc(-c3cnccn3)no2)C1. The first kappa shape index (κ1) is 18.4. The van der Waals surface area contributed by atoms with Gasteiger partial charge in [0.25, 0.3) is 0 Å². The van der Waals surface area contributed by atoms with E-state index in [1.54, 1.807) is 35.6 Å². The Morgan fingerprint density at radius 2 is 2.21 bits per heavy atom. The number of rotatable bonds is 4. The molecule has 3 heterocycles. The number of hydrogen-bond donors (Lipinski definition) is 1. The number of aromatic nitrogens is 4. The van der Waals surface area contributed by atoms with Gasteiger partial charge in [-0.1, -0.05) is 28.9 Å². The van der Waals surface area contributed by atoms with E-state index >= 15 is 0 Å². The first-order chi connectivity index (χ1) is 13.7. The number of benzene rings is 1. The summed E-state index contributed by atoms with van der Waals surface area (Å²) in [5.41, 5.74) is 1.18. The van der Waals surface area contributed by atoms with Crippen LogP contribution in [0.4, 0.5) is 10.5 Å². The van der Waals surface area contributed by atoms with E-state index in [0.29, 0.717) is 47.6 Å². The number of carbonyl (C=O) groups excluding carboxylic acids is 1. The molecule has 1 aliphatic heterocycles. The Balaban J connectivity index is 1.37. The highest BCUT2D eigenvalue weighted by atomic mass is 35.5. The average molecular weight is 399 g/mol. The Morgan fingerprint density at radius 3 is 3.04 bits per heavy atom. The van der Waals surface area contributed by atoms with Crippen molar-refractivity contribution in [2.24, 2.45) is 5.92 Å². The van der Waals surface area contributed by atoms with Crippen LogP contribution in [-0.4, -0.2) is 44.1 Å². The Morgan fingerprint density at radius 1 is 1.32 bits per heavy atom. The standard InChI is InChI=1S/C19H19ClN6O2/c20-14-5-1-2-6-15(14)23-19(27)26-9-3-4-13(12-26)10-17-24-18(25-28-17)16-11-21-7-8-22-16/h1-2,5-8,11,13H,3-4,9-10,12H2,(H,23,27). The van der Waals surface area contributed by atoms with E-state index < -0.39 is 0 Å². The summed E-state index contributed by atoms with van der Waals surface area (Å²) in [5, 5.41) is 7.37. The molecule has 0 bridgehead atoms. The van der Waals surface area contributed by atoms with E-state index in [9.17, 15) is 4.79 Å². The predicted octanol–water partition coefficient (Wildman–Crippen LogP) is 3.67. The summed E-state index contributed by atoms with van der Waals surface area (Å²) in [6.45, 7) is 1.33. The summed E-state index contributed by atoms with van der Waals surface area (Å²) in [6, 6.07) is 7.05. The van der Waals surface area contributed by atoms with Crippen LogP contribution < -0.4 is 5.32 Å². The van der Waals surface area contributed by atoms with Gasteiger partial charge in [-0.05, 0) is 30.9 Å². The molecule has 1 saturated heterocycles. The molecule has 0 saturated carbocycles. The molecule has 8 nitrogen and oxygen atoms in total. The third kappa shape index (κ3) is 4.28. The van der Waals surface area contributed by atoms with Gasteiger partial charge in [0.15, 0.2) is 0 Å². The number of piperidine rings is 1. The summed E-state index contributed by atoms with van der Waals surface area (Å²) in [4.78, 5) is 27.0. The minimum atomic E-state index is -0.149. The molecule has 1 fully saturated rings. The fourth-order valence-electron chi connectivity index (χ4n) is 3.28. The second kappa shape index (κ2) is 8.35. The molecule has 0 aliphatic carbocycles. The number of halogens is 1. The number of nitrogens with one attached hydrogen (secondary N) is 1. The zero-order chi connectivity index (χ0) is 19.3. The summed E-state index contributed by atoms with van der Waals surface area (Å²) in [6.07, 6.45) is 7.31. The van der Waals surface area contributed by atoms with Crippen molar-refractivity contribution in [2.45, 2.75) is 19.3 Å². The Kier molecular flexibility index (Phi) is 5.48. The summed E-state index contributed by atoms with van der Waals surface area (Å²) < 4.78 is 5.36. The summed E-state index contributed by atoms with van der Waals surface area (Å²) in [7, 11) is 0. The molecule has 2 aromatic heterocycles. The molecule has 2 amide bonds. The average Bonchev–Trinajstić information content (AvgIpc) is 3.19. The van der Waals surface area contributed by atoms with E-state index in [2.05, 4.69) is 25.4 Å². The molecule has 9 heteroatoms. The lowest BCUT2D eigenvalue weighted by Gasteiger charge is -2.32. The highest BCUT2D eigenvalue weighted by Crippen LogP contribution is 2.24. The van der Waals surface area contributed by atoms with Crippen LogP contribution >= 0.6 is 11.6 Å². The molecule has 1 N–H and O–H groups in total. The normalized spacial score (nSPS) is 16.8. The maximum Gasteiger partial charge on any atom is 0.321 e. The molecule has 1 aromatic carbocycles. The molecule has 1 unspecified atom stereocenters. The van der Waals surface area contributed by atoms with Gasteiger partial charge in [-0.2, -0.15) is 4.98 Å². The van der Waals surface area contributed by atoms with Crippen molar-refractivity contribution >= 4 is 23.3 Å². The van der Waals surface area contributed by atoms with E-state index in [4.69, 9.17) is 16.1 Å². The van der Waals surface area contributed by atoms with E-state index in [0.717, 1.165) is 12.8 Å². The van der Waals surface area contributed by atoms with Gasteiger partial charge in [0.1, 0.15) is 5.69 Å². The zero-order valence-electron chi connectivity index (χ0n) is 15.1. The summed E-state index contributed by atoms with van der Waals surface area (Å²) >= 11 is 6.13. The van der Waals surface area contributed by atoms with Gasteiger partial charge in [-0.25, -0.2) is 9.78 Å².